The summed E-state index contributed by atoms with van der Waals surface area (Å²) in [6.07, 6.45) is 0.138. The molecule has 1 aromatic heterocycles. The van der Waals surface area contributed by atoms with Gasteiger partial charge in [-0.3, -0.25) is 4.79 Å². The van der Waals surface area contributed by atoms with Crippen LogP contribution in [-0.4, -0.2) is 21.4 Å². The van der Waals surface area contributed by atoms with E-state index in [0.717, 1.165) is 0 Å². The van der Waals surface area contributed by atoms with Crippen LogP contribution in [-0.2, 0) is 14.6 Å². The topological polar surface area (TPSA) is 72.5 Å². The molecule has 1 atom stereocenters. The number of amides is 1. The second kappa shape index (κ2) is 7.03. The van der Waals surface area contributed by atoms with Gasteiger partial charge in [0.25, 0.3) is 0 Å². The largest absolute Gasteiger partial charge is 0.497 e. The first-order valence-corrected chi connectivity index (χ1v) is 10.8. The zero-order chi connectivity index (χ0) is 19.9. The number of thiophene rings is 1. The lowest BCUT2D eigenvalue weighted by atomic mass is 9.91. The van der Waals surface area contributed by atoms with Gasteiger partial charge in [0, 0.05) is 22.6 Å². The first-order valence-electron chi connectivity index (χ1n) is 8.46. The molecule has 5 nitrogen and oxygen atoms in total. The number of ether oxygens (including phenoxy) is 1. The highest BCUT2D eigenvalue weighted by Gasteiger charge is 2.34. The van der Waals surface area contributed by atoms with Crippen LogP contribution in [0.1, 0.15) is 22.8 Å². The minimum absolute atomic E-state index is 0.0483. The quantitative estimate of drug-likeness (QED) is 0.691. The summed E-state index contributed by atoms with van der Waals surface area (Å²) < 4.78 is 45.0. The Morgan fingerprint density at radius 1 is 1.18 bits per heavy atom. The maximum absolute atomic E-state index is 13.7. The number of methoxy groups -OCH3 is 1. The summed E-state index contributed by atoms with van der Waals surface area (Å²) in [5.41, 5.74) is 0.928. The van der Waals surface area contributed by atoms with Crippen LogP contribution < -0.4 is 10.1 Å². The molecule has 0 spiro atoms. The Labute approximate surface area is 165 Å². The van der Waals surface area contributed by atoms with Gasteiger partial charge in [-0.15, -0.1) is 11.3 Å². The summed E-state index contributed by atoms with van der Waals surface area (Å²) >= 11 is 1.25. The Morgan fingerprint density at radius 2 is 1.93 bits per heavy atom. The summed E-state index contributed by atoms with van der Waals surface area (Å²) in [7, 11) is -2.33. The lowest BCUT2D eigenvalue weighted by molar-refractivity contribution is -0.116. The van der Waals surface area contributed by atoms with Crippen LogP contribution in [0.5, 0.6) is 5.75 Å². The Morgan fingerprint density at radius 3 is 2.61 bits per heavy atom. The van der Waals surface area contributed by atoms with Gasteiger partial charge in [-0.05, 0) is 42.0 Å². The van der Waals surface area contributed by atoms with Crippen molar-refractivity contribution in [1.29, 1.82) is 0 Å². The van der Waals surface area contributed by atoms with Gasteiger partial charge in [-0.1, -0.05) is 12.1 Å². The van der Waals surface area contributed by atoms with Crippen LogP contribution in [0.2, 0.25) is 0 Å². The first kappa shape index (κ1) is 18.6. The average Bonchev–Trinajstić information content (AvgIpc) is 3.12. The fraction of sp³-hybridized carbons (Fsp3) is 0.150. The van der Waals surface area contributed by atoms with Crippen molar-refractivity contribution in [3.8, 4) is 5.75 Å². The molecule has 0 bridgehead atoms. The molecule has 0 fully saturated rings. The lowest BCUT2D eigenvalue weighted by Crippen LogP contribution is -2.23. The second-order valence-corrected chi connectivity index (χ2v) is 9.21. The van der Waals surface area contributed by atoms with E-state index in [9.17, 15) is 17.6 Å². The number of anilines is 1. The Kier molecular flexibility index (Phi) is 4.68. The van der Waals surface area contributed by atoms with Crippen molar-refractivity contribution in [2.75, 3.05) is 12.4 Å². The highest BCUT2D eigenvalue weighted by atomic mass is 32.2. The molecule has 0 saturated heterocycles. The van der Waals surface area contributed by atoms with Crippen molar-refractivity contribution in [2.24, 2.45) is 0 Å². The molecule has 144 valence electrons. The summed E-state index contributed by atoms with van der Waals surface area (Å²) in [6, 6.07) is 12.1. The third kappa shape index (κ3) is 3.18. The normalized spacial score (nSPS) is 16.4. The summed E-state index contributed by atoms with van der Waals surface area (Å²) in [4.78, 5) is 13.1. The number of rotatable bonds is 4. The molecule has 1 N–H and O–H groups in total. The van der Waals surface area contributed by atoms with Crippen LogP contribution in [0.3, 0.4) is 0 Å². The predicted molar refractivity (Wildman–Crippen MR) is 104 cm³/mol. The Bertz CT molecular complexity index is 1150. The average molecular weight is 417 g/mol. The molecule has 4 rings (SSSR count). The van der Waals surface area contributed by atoms with E-state index in [-0.39, 0.29) is 33.7 Å². The van der Waals surface area contributed by atoms with Gasteiger partial charge in [-0.2, -0.15) is 0 Å². The molecule has 1 aliphatic heterocycles. The van der Waals surface area contributed by atoms with Crippen molar-refractivity contribution in [3.63, 3.8) is 0 Å². The molecule has 8 heteroatoms. The number of hydrogen-bond acceptors (Lipinski definition) is 5. The maximum atomic E-state index is 13.7. The molecule has 0 saturated carbocycles. The number of carbonyl (C=O) groups is 1. The fourth-order valence-corrected chi connectivity index (χ4v) is 6.18. The molecule has 0 aliphatic carbocycles. The van der Waals surface area contributed by atoms with Crippen molar-refractivity contribution in [1.82, 2.24) is 0 Å². The van der Waals surface area contributed by atoms with Crippen molar-refractivity contribution >= 4 is 32.8 Å². The highest BCUT2D eigenvalue weighted by molar-refractivity contribution is 7.91. The van der Waals surface area contributed by atoms with Crippen LogP contribution in [0, 0.1) is 5.82 Å². The second-order valence-electron chi connectivity index (χ2n) is 6.38. The number of halogens is 1. The number of fused-ring (bicyclic) bond motifs is 1. The van der Waals surface area contributed by atoms with Crippen LogP contribution in [0.25, 0.3) is 0 Å². The molecule has 3 aromatic rings. The van der Waals surface area contributed by atoms with E-state index in [1.54, 1.807) is 24.3 Å². The van der Waals surface area contributed by atoms with Gasteiger partial charge in [0.1, 0.15) is 16.5 Å². The van der Waals surface area contributed by atoms with Gasteiger partial charge in [0.15, 0.2) is 0 Å². The van der Waals surface area contributed by atoms with E-state index >= 15 is 0 Å². The van der Waals surface area contributed by atoms with E-state index in [2.05, 4.69) is 5.32 Å². The molecule has 2 aromatic carbocycles. The van der Waals surface area contributed by atoms with Gasteiger partial charge in [0.05, 0.1) is 17.7 Å². The zero-order valence-electron chi connectivity index (χ0n) is 14.8. The Balaban J connectivity index is 1.80. The minimum Gasteiger partial charge on any atom is -0.497 e. The third-order valence-corrected chi connectivity index (χ3v) is 7.71. The number of benzene rings is 2. The maximum Gasteiger partial charge on any atom is 0.225 e. The monoisotopic (exact) mass is 417 g/mol. The van der Waals surface area contributed by atoms with Crippen LogP contribution in [0.15, 0.2) is 63.7 Å². The van der Waals surface area contributed by atoms with Gasteiger partial charge < -0.3 is 10.1 Å². The van der Waals surface area contributed by atoms with Gasteiger partial charge in [-0.25, -0.2) is 12.8 Å². The van der Waals surface area contributed by atoms with Crippen molar-refractivity contribution < 1.29 is 22.3 Å². The fourth-order valence-electron chi connectivity index (χ4n) is 3.28. The molecule has 1 aliphatic rings. The molecular weight excluding hydrogens is 401 g/mol. The number of carbonyl (C=O) groups excluding carboxylic acids is 1. The standard InChI is InChI=1S/C20H16FNO4S2/c1-26-14-5-7-15(8-6-14)28(24,25)17-11-27-20-16(10-18(23)22-19(17)20)12-3-2-4-13(21)9-12/h2-9,11,16H,10H2,1H3,(H,22,23)/t16-/m0/s1. The van der Waals surface area contributed by atoms with Crippen LogP contribution >= 0.6 is 11.3 Å². The SMILES string of the molecule is COc1ccc(S(=O)(=O)c2csc3c2NC(=O)C[C@H]3c2cccc(F)c2)cc1. The zero-order valence-corrected chi connectivity index (χ0v) is 16.4. The summed E-state index contributed by atoms with van der Waals surface area (Å²) in [5, 5.41) is 4.23. The van der Waals surface area contributed by atoms with Crippen LogP contribution in [0.4, 0.5) is 10.1 Å². The smallest absolute Gasteiger partial charge is 0.225 e. The lowest BCUT2D eigenvalue weighted by Gasteiger charge is -2.23. The highest BCUT2D eigenvalue weighted by Crippen LogP contribution is 2.45. The van der Waals surface area contributed by atoms with Crippen molar-refractivity contribution in [3.05, 3.63) is 70.2 Å². The molecule has 1 amide bonds. The molecule has 0 unspecified atom stereocenters. The first-order chi connectivity index (χ1) is 13.4. The predicted octanol–water partition coefficient (Wildman–Crippen LogP) is 4.20. The van der Waals surface area contributed by atoms with E-state index in [4.69, 9.17) is 4.74 Å². The van der Waals surface area contributed by atoms with Gasteiger partial charge in [0.2, 0.25) is 15.7 Å². The molecule has 2 heterocycles. The molecule has 28 heavy (non-hydrogen) atoms. The number of nitrogens with one attached hydrogen (secondary N) is 1. The van der Waals surface area contributed by atoms with Crippen molar-refractivity contribution in [2.45, 2.75) is 22.1 Å². The van der Waals surface area contributed by atoms with E-state index in [1.165, 1.54) is 48.1 Å². The Hall–Kier alpha value is -2.71. The minimum atomic E-state index is -3.83. The molecular formula is C20H16FNO4S2. The third-order valence-electron chi connectivity index (χ3n) is 4.67. The van der Waals surface area contributed by atoms with Gasteiger partial charge >= 0.3 is 0 Å². The number of sulfone groups is 1. The van der Waals surface area contributed by atoms with E-state index in [1.807, 2.05) is 0 Å². The number of hydrogen-bond donors (Lipinski definition) is 1. The molecule has 0 radical (unpaired) electrons. The van der Waals surface area contributed by atoms with E-state index in [0.29, 0.717) is 16.2 Å². The summed E-state index contributed by atoms with van der Waals surface area (Å²) in [5.74, 6) is -0.533. The van der Waals surface area contributed by atoms with E-state index < -0.39 is 15.7 Å². The summed E-state index contributed by atoms with van der Waals surface area (Å²) in [6.45, 7) is 0.